The number of fused-ring (bicyclic) bond motifs is 3. The third-order valence-electron chi connectivity index (χ3n) is 11.9. The van der Waals surface area contributed by atoms with Crippen LogP contribution >= 0.6 is 0 Å². The fourth-order valence-electron chi connectivity index (χ4n) is 9.16. The monoisotopic (exact) mass is 741 g/mol. The first-order valence-corrected chi connectivity index (χ1v) is 20.2. The van der Waals surface area contributed by atoms with Gasteiger partial charge in [0.2, 0.25) is 0 Å². The Morgan fingerprint density at radius 2 is 0.759 bits per heavy atom. The lowest BCUT2D eigenvalue weighted by Gasteiger charge is -2.34. The molecule has 1 nitrogen and oxygen atoms in total. The molecule has 0 unspecified atom stereocenters. The summed E-state index contributed by atoms with van der Waals surface area (Å²) in [6.07, 6.45) is 0. The van der Waals surface area contributed by atoms with E-state index in [2.05, 4.69) is 243 Å². The zero-order valence-corrected chi connectivity index (χ0v) is 32.8. The summed E-state index contributed by atoms with van der Waals surface area (Å²) in [6, 6.07) is 81.8. The van der Waals surface area contributed by atoms with Crippen molar-refractivity contribution >= 4 is 17.1 Å². The van der Waals surface area contributed by atoms with E-state index < -0.39 is 0 Å². The van der Waals surface area contributed by atoms with Crippen molar-refractivity contribution in [3.8, 4) is 66.8 Å². The van der Waals surface area contributed by atoms with Crippen molar-refractivity contribution in [2.45, 2.75) is 19.3 Å². The summed E-state index contributed by atoms with van der Waals surface area (Å²) < 4.78 is 0. The molecular formula is C57H43N. The minimum atomic E-state index is -0.224. The molecule has 0 N–H and O–H groups in total. The Hall–Kier alpha value is -7.22. The Kier molecular flexibility index (Phi) is 8.92. The molecule has 58 heavy (non-hydrogen) atoms. The first kappa shape index (κ1) is 35.2. The standard InChI is InChI=1S/C57H43N/c1-57(2)52-32-15-14-28-49(52)51-31-18-34-54(56(51)57)58(46-37-35-41(36-38-46)45-26-16-25-44(39-45)40-19-6-3-7-20-40)53-33-17-30-48(43-23-10-5-11-24-43)55(53)50-29-13-12-27-47(50)42-21-8-4-9-22-42/h3-39H,1-2H3. The van der Waals surface area contributed by atoms with Gasteiger partial charge in [-0.1, -0.05) is 208 Å². The molecule has 1 aliphatic carbocycles. The average Bonchev–Trinajstić information content (AvgIpc) is 3.54. The minimum absolute atomic E-state index is 0.224. The molecule has 0 atom stereocenters. The van der Waals surface area contributed by atoms with Gasteiger partial charge >= 0.3 is 0 Å². The predicted molar refractivity (Wildman–Crippen MR) is 246 cm³/mol. The molecule has 9 aromatic carbocycles. The Morgan fingerprint density at radius 1 is 0.310 bits per heavy atom. The molecule has 0 heterocycles. The van der Waals surface area contributed by atoms with Crippen LogP contribution in [0.1, 0.15) is 25.0 Å². The van der Waals surface area contributed by atoms with E-state index in [1.165, 1.54) is 83.6 Å². The van der Waals surface area contributed by atoms with Gasteiger partial charge in [0, 0.05) is 16.7 Å². The van der Waals surface area contributed by atoms with Gasteiger partial charge in [-0.05, 0) is 103 Å². The highest BCUT2D eigenvalue weighted by molar-refractivity contribution is 6.02. The van der Waals surface area contributed by atoms with Crippen LogP contribution in [-0.4, -0.2) is 0 Å². The van der Waals surface area contributed by atoms with Crippen LogP contribution in [0.3, 0.4) is 0 Å². The molecule has 0 saturated carbocycles. The predicted octanol–water partition coefficient (Wildman–Crippen LogP) is 15.8. The molecule has 0 bridgehead atoms. The smallest absolute Gasteiger partial charge is 0.0546 e. The Labute approximate surface area is 342 Å². The number of nitrogens with zero attached hydrogens (tertiary/aromatic N) is 1. The van der Waals surface area contributed by atoms with E-state index in [0.717, 1.165) is 11.4 Å². The molecule has 0 amide bonds. The molecule has 0 aromatic heterocycles. The lowest BCUT2D eigenvalue weighted by atomic mass is 9.81. The third-order valence-corrected chi connectivity index (χ3v) is 11.9. The van der Waals surface area contributed by atoms with Gasteiger partial charge in [-0.25, -0.2) is 0 Å². The molecule has 9 aromatic rings. The molecular weight excluding hydrogens is 699 g/mol. The van der Waals surface area contributed by atoms with Gasteiger partial charge in [-0.2, -0.15) is 0 Å². The second kappa shape index (κ2) is 14.7. The largest absolute Gasteiger partial charge is 0.310 e. The van der Waals surface area contributed by atoms with E-state index in [1.54, 1.807) is 0 Å². The van der Waals surface area contributed by atoms with E-state index in [-0.39, 0.29) is 5.41 Å². The van der Waals surface area contributed by atoms with Gasteiger partial charge in [-0.3, -0.25) is 0 Å². The Bertz CT molecular complexity index is 2890. The van der Waals surface area contributed by atoms with Crippen LogP contribution in [0.15, 0.2) is 224 Å². The van der Waals surface area contributed by atoms with Gasteiger partial charge in [0.05, 0.1) is 11.4 Å². The lowest BCUT2D eigenvalue weighted by molar-refractivity contribution is 0.661. The fraction of sp³-hybridized carbons (Fsp3) is 0.0526. The number of anilines is 3. The molecule has 10 rings (SSSR count). The highest BCUT2D eigenvalue weighted by atomic mass is 15.1. The highest BCUT2D eigenvalue weighted by Gasteiger charge is 2.39. The molecule has 0 spiro atoms. The van der Waals surface area contributed by atoms with Crippen molar-refractivity contribution in [1.82, 2.24) is 0 Å². The summed E-state index contributed by atoms with van der Waals surface area (Å²) in [5.41, 5.74) is 20.4. The van der Waals surface area contributed by atoms with Crippen LogP contribution in [0, 0.1) is 0 Å². The Morgan fingerprint density at radius 3 is 1.41 bits per heavy atom. The van der Waals surface area contributed by atoms with Crippen molar-refractivity contribution in [2.24, 2.45) is 0 Å². The van der Waals surface area contributed by atoms with Gasteiger partial charge < -0.3 is 4.90 Å². The summed E-state index contributed by atoms with van der Waals surface area (Å²) in [5.74, 6) is 0. The lowest BCUT2D eigenvalue weighted by Crippen LogP contribution is -2.21. The zero-order chi connectivity index (χ0) is 39.1. The van der Waals surface area contributed by atoms with Crippen LogP contribution in [0.5, 0.6) is 0 Å². The molecule has 0 aliphatic heterocycles. The first-order chi connectivity index (χ1) is 28.6. The third kappa shape index (κ3) is 6.13. The summed E-state index contributed by atoms with van der Waals surface area (Å²) in [4.78, 5) is 2.53. The van der Waals surface area contributed by atoms with Crippen molar-refractivity contribution in [3.63, 3.8) is 0 Å². The van der Waals surface area contributed by atoms with Crippen molar-refractivity contribution in [2.75, 3.05) is 4.90 Å². The van der Waals surface area contributed by atoms with E-state index in [0.29, 0.717) is 0 Å². The fourth-order valence-corrected chi connectivity index (χ4v) is 9.16. The van der Waals surface area contributed by atoms with E-state index in [9.17, 15) is 0 Å². The van der Waals surface area contributed by atoms with Gasteiger partial charge in [-0.15, -0.1) is 0 Å². The summed E-state index contributed by atoms with van der Waals surface area (Å²) in [5, 5.41) is 0. The van der Waals surface area contributed by atoms with Crippen LogP contribution in [0.4, 0.5) is 17.1 Å². The minimum Gasteiger partial charge on any atom is -0.310 e. The van der Waals surface area contributed by atoms with E-state index in [1.807, 2.05) is 0 Å². The number of rotatable bonds is 8. The molecule has 1 aliphatic rings. The van der Waals surface area contributed by atoms with E-state index in [4.69, 9.17) is 0 Å². The quantitative estimate of drug-likeness (QED) is 0.150. The van der Waals surface area contributed by atoms with Crippen molar-refractivity contribution in [3.05, 3.63) is 236 Å². The van der Waals surface area contributed by atoms with Crippen LogP contribution in [0.2, 0.25) is 0 Å². The van der Waals surface area contributed by atoms with Crippen LogP contribution in [-0.2, 0) is 5.41 Å². The van der Waals surface area contributed by atoms with Crippen LogP contribution in [0.25, 0.3) is 66.8 Å². The van der Waals surface area contributed by atoms with Gasteiger partial charge in [0.15, 0.2) is 0 Å². The summed E-state index contributed by atoms with van der Waals surface area (Å²) in [7, 11) is 0. The van der Waals surface area contributed by atoms with Gasteiger partial charge in [0.25, 0.3) is 0 Å². The molecule has 0 fully saturated rings. The van der Waals surface area contributed by atoms with Crippen molar-refractivity contribution < 1.29 is 0 Å². The second-order valence-electron chi connectivity index (χ2n) is 15.7. The topological polar surface area (TPSA) is 3.24 Å². The summed E-state index contributed by atoms with van der Waals surface area (Å²) >= 11 is 0. The normalized spacial score (nSPS) is 12.4. The zero-order valence-electron chi connectivity index (χ0n) is 32.8. The maximum Gasteiger partial charge on any atom is 0.0546 e. The number of hydrogen-bond donors (Lipinski definition) is 0. The highest BCUT2D eigenvalue weighted by Crippen LogP contribution is 2.56. The van der Waals surface area contributed by atoms with Gasteiger partial charge in [0.1, 0.15) is 0 Å². The molecule has 1 heteroatoms. The SMILES string of the molecule is CC1(C)c2ccccc2-c2cccc(N(c3ccc(-c4cccc(-c5ccccc5)c4)cc3)c3cccc(-c4ccccc4)c3-c3ccccc3-c3ccccc3)c21. The van der Waals surface area contributed by atoms with E-state index >= 15 is 0 Å². The van der Waals surface area contributed by atoms with Crippen molar-refractivity contribution in [1.29, 1.82) is 0 Å². The molecule has 276 valence electrons. The maximum absolute atomic E-state index is 2.53. The molecule has 0 radical (unpaired) electrons. The average molecular weight is 742 g/mol. The second-order valence-corrected chi connectivity index (χ2v) is 15.7. The first-order valence-electron chi connectivity index (χ1n) is 20.2. The number of hydrogen-bond acceptors (Lipinski definition) is 1. The molecule has 0 saturated heterocycles. The maximum atomic E-state index is 2.53. The summed E-state index contributed by atoms with van der Waals surface area (Å²) in [6.45, 7) is 4.77. The van der Waals surface area contributed by atoms with Crippen LogP contribution < -0.4 is 4.90 Å². The number of benzene rings is 9. The Balaban J connectivity index is 1.23.